The minimum Gasteiger partial charge on any atom is -0.354 e. The summed E-state index contributed by atoms with van der Waals surface area (Å²) in [5.74, 6) is 0.991. The topological polar surface area (TPSA) is 29.0 Å². The maximum absolute atomic E-state index is 6.03. The highest BCUT2D eigenvalue weighted by Gasteiger charge is 2.25. The molecule has 2 unspecified atom stereocenters. The summed E-state index contributed by atoms with van der Waals surface area (Å²) in [6.07, 6.45) is 0. The zero-order chi connectivity index (χ0) is 12.7. The van der Waals surface area contributed by atoms with Crippen molar-refractivity contribution >= 4 is 50.7 Å². The van der Waals surface area contributed by atoms with E-state index >= 15 is 0 Å². The van der Waals surface area contributed by atoms with Crippen LogP contribution in [0.4, 0.5) is 5.82 Å². The van der Waals surface area contributed by atoms with Crippen LogP contribution in [0.2, 0.25) is 5.28 Å². The Morgan fingerprint density at radius 1 is 1.28 bits per heavy atom. The molecule has 1 saturated heterocycles. The third-order valence-corrected chi connectivity index (χ3v) is 5.20. The van der Waals surface area contributed by atoms with E-state index in [4.69, 9.17) is 11.6 Å². The number of rotatable bonds is 1. The molecule has 0 spiro atoms. The fourth-order valence-electron chi connectivity index (χ4n) is 2.41. The van der Waals surface area contributed by atoms with E-state index in [-0.39, 0.29) is 0 Å². The summed E-state index contributed by atoms with van der Waals surface area (Å²) in [6, 6.07) is 2.09. The summed E-state index contributed by atoms with van der Waals surface area (Å²) in [4.78, 5) is 12.0. The summed E-state index contributed by atoms with van der Waals surface area (Å²) in [6.45, 7) is 6.57. The summed E-state index contributed by atoms with van der Waals surface area (Å²) in [5, 5.41) is 4.76. The van der Waals surface area contributed by atoms with Gasteiger partial charge in [-0.25, -0.2) is 4.98 Å². The van der Waals surface area contributed by atoms with Crippen LogP contribution in [0.25, 0.3) is 10.2 Å². The van der Waals surface area contributed by atoms with Gasteiger partial charge in [-0.05, 0) is 23.0 Å². The van der Waals surface area contributed by atoms with E-state index in [9.17, 15) is 0 Å². The van der Waals surface area contributed by atoms with Crippen molar-refractivity contribution in [3.05, 3.63) is 16.7 Å². The average Bonchev–Trinajstić information content (AvgIpc) is 2.74. The highest BCUT2D eigenvalue weighted by molar-refractivity contribution is 8.00. The molecule has 1 aliphatic rings. The van der Waals surface area contributed by atoms with Crippen LogP contribution in [0.5, 0.6) is 0 Å². The van der Waals surface area contributed by atoms with E-state index in [2.05, 4.69) is 34.8 Å². The Kier molecular flexibility index (Phi) is 3.38. The Hall–Kier alpha value is -0.520. The predicted octanol–water partition coefficient (Wildman–Crippen LogP) is 3.67. The van der Waals surface area contributed by atoms with Crippen LogP contribution in [0.15, 0.2) is 11.4 Å². The highest BCUT2D eigenvalue weighted by atomic mass is 35.5. The maximum Gasteiger partial charge on any atom is 0.225 e. The van der Waals surface area contributed by atoms with Crippen LogP contribution in [0.3, 0.4) is 0 Å². The van der Waals surface area contributed by atoms with E-state index in [1.807, 2.05) is 17.1 Å². The highest BCUT2D eigenvalue weighted by Crippen LogP contribution is 2.33. The molecule has 0 amide bonds. The summed E-state index contributed by atoms with van der Waals surface area (Å²) >= 11 is 9.67. The smallest absolute Gasteiger partial charge is 0.225 e. The molecule has 3 heterocycles. The lowest BCUT2D eigenvalue weighted by Gasteiger charge is -2.35. The quantitative estimate of drug-likeness (QED) is 0.751. The van der Waals surface area contributed by atoms with Crippen molar-refractivity contribution in [1.82, 2.24) is 9.97 Å². The van der Waals surface area contributed by atoms with E-state index < -0.39 is 0 Å². The lowest BCUT2D eigenvalue weighted by atomic mass is 10.3. The fourth-order valence-corrected chi connectivity index (χ4v) is 4.70. The standard InChI is InChI=1S/C12H14ClN3S2/c1-7-5-16(6-8(2)18-7)10-9-3-4-17-11(9)15-12(13)14-10/h3-4,7-8H,5-6H2,1-2H3. The van der Waals surface area contributed by atoms with Gasteiger partial charge in [0.15, 0.2) is 0 Å². The number of halogens is 1. The van der Waals surface area contributed by atoms with E-state index in [0.717, 1.165) is 29.1 Å². The molecule has 96 valence electrons. The van der Waals surface area contributed by atoms with Gasteiger partial charge in [0.05, 0.1) is 5.39 Å². The number of hydrogen-bond acceptors (Lipinski definition) is 5. The van der Waals surface area contributed by atoms with Crippen molar-refractivity contribution in [2.24, 2.45) is 0 Å². The summed E-state index contributed by atoms with van der Waals surface area (Å²) in [5.41, 5.74) is 0. The Bertz CT molecular complexity index is 561. The first kappa shape index (κ1) is 12.5. The van der Waals surface area contributed by atoms with Crippen LogP contribution in [0.1, 0.15) is 13.8 Å². The molecule has 1 aliphatic heterocycles. The van der Waals surface area contributed by atoms with Crippen molar-refractivity contribution in [2.75, 3.05) is 18.0 Å². The molecule has 0 aromatic carbocycles. The largest absolute Gasteiger partial charge is 0.354 e. The summed E-state index contributed by atoms with van der Waals surface area (Å²) < 4.78 is 0. The molecule has 1 fully saturated rings. The number of aromatic nitrogens is 2. The minimum atomic E-state index is 0.346. The second-order valence-electron chi connectivity index (χ2n) is 4.62. The Morgan fingerprint density at radius 2 is 2.00 bits per heavy atom. The fraction of sp³-hybridized carbons (Fsp3) is 0.500. The van der Waals surface area contributed by atoms with Gasteiger partial charge in [0.1, 0.15) is 10.6 Å². The SMILES string of the molecule is CC1CN(c2nc(Cl)nc3sccc23)CC(C)S1. The monoisotopic (exact) mass is 299 g/mol. The van der Waals surface area contributed by atoms with Gasteiger partial charge in [-0.1, -0.05) is 13.8 Å². The van der Waals surface area contributed by atoms with E-state index in [1.54, 1.807) is 11.3 Å². The summed E-state index contributed by atoms with van der Waals surface area (Å²) in [7, 11) is 0. The van der Waals surface area contributed by atoms with Crippen molar-refractivity contribution in [1.29, 1.82) is 0 Å². The Balaban J connectivity index is 2.05. The molecule has 2 atom stereocenters. The van der Waals surface area contributed by atoms with Gasteiger partial charge in [-0.3, -0.25) is 0 Å². The number of hydrogen-bond donors (Lipinski definition) is 0. The van der Waals surface area contributed by atoms with Crippen LogP contribution >= 0.6 is 34.7 Å². The van der Waals surface area contributed by atoms with Crippen molar-refractivity contribution in [3.63, 3.8) is 0 Å². The normalized spacial score (nSPS) is 24.7. The second-order valence-corrected chi connectivity index (χ2v) is 7.73. The molecule has 0 aliphatic carbocycles. The number of anilines is 1. The van der Waals surface area contributed by atoms with Gasteiger partial charge in [0.2, 0.25) is 5.28 Å². The van der Waals surface area contributed by atoms with Gasteiger partial charge in [-0.15, -0.1) is 11.3 Å². The number of nitrogens with zero attached hydrogens (tertiary/aromatic N) is 3. The maximum atomic E-state index is 6.03. The first-order valence-electron chi connectivity index (χ1n) is 5.94. The molecule has 6 heteroatoms. The lowest BCUT2D eigenvalue weighted by molar-refractivity contribution is 0.721. The zero-order valence-corrected chi connectivity index (χ0v) is 12.6. The van der Waals surface area contributed by atoms with Gasteiger partial charge in [0, 0.05) is 23.6 Å². The first-order valence-corrected chi connectivity index (χ1v) is 8.14. The van der Waals surface area contributed by atoms with Gasteiger partial charge < -0.3 is 4.90 Å². The van der Waals surface area contributed by atoms with Crippen molar-refractivity contribution in [2.45, 2.75) is 24.3 Å². The predicted molar refractivity (Wildman–Crippen MR) is 81.2 cm³/mol. The van der Waals surface area contributed by atoms with Crippen LogP contribution in [0, 0.1) is 0 Å². The third-order valence-electron chi connectivity index (χ3n) is 3.00. The number of thioether (sulfide) groups is 1. The molecule has 18 heavy (non-hydrogen) atoms. The second kappa shape index (κ2) is 4.87. The van der Waals surface area contributed by atoms with E-state index in [1.165, 1.54) is 0 Å². The molecule has 0 bridgehead atoms. The van der Waals surface area contributed by atoms with E-state index in [0.29, 0.717) is 15.8 Å². The van der Waals surface area contributed by atoms with Crippen molar-refractivity contribution in [3.8, 4) is 0 Å². The average molecular weight is 300 g/mol. The third kappa shape index (κ3) is 2.31. The van der Waals surface area contributed by atoms with Crippen LogP contribution < -0.4 is 4.90 Å². The molecule has 0 N–H and O–H groups in total. The number of fused-ring (bicyclic) bond motifs is 1. The molecule has 0 radical (unpaired) electrons. The first-order chi connectivity index (χ1) is 8.63. The molecule has 3 rings (SSSR count). The molecular weight excluding hydrogens is 286 g/mol. The van der Waals surface area contributed by atoms with Crippen LogP contribution in [-0.2, 0) is 0 Å². The lowest BCUT2D eigenvalue weighted by Crippen LogP contribution is -2.41. The van der Waals surface area contributed by atoms with Gasteiger partial charge in [-0.2, -0.15) is 16.7 Å². The zero-order valence-electron chi connectivity index (χ0n) is 10.3. The Morgan fingerprint density at radius 3 is 2.72 bits per heavy atom. The molecule has 3 nitrogen and oxygen atoms in total. The molecule has 2 aromatic rings. The molecule has 0 saturated carbocycles. The van der Waals surface area contributed by atoms with Crippen molar-refractivity contribution < 1.29 is 0 Å². The molecule has 2 aromatic heterocycles. The van der Waals surface area contributed by atoms with Crippen LogP contribution in [-0.4, -0.2) is 33.6 Å². The minimum absolute atomic E-state index is 0.346. The van der Waals surface area contributed by atoms with Gasteiger partial charge in [0.25, 0.3) is 0 Å². The Labute approximate surface area is 120 Å². The molecular formula is C12H14ClN3S2. The van der Waals surface area contributed by atoms with Gasteiger partial charge >= 0.3 is 0 Å². The number of thiophene rings is 1.